The first-order valence-corrected chi connectivity index (χ1v) is 6.38. The van der Waals surface area contributed by atoms with E-state index in [2.05, 4.69) is 10.3 Å². The molecule has 0 aromatic carbocycles. The Morgan fingerprint density at radius 2 is 2.21 bits per heavy atom. The standard InChI is InChI=1S/C13H12N2O3S/c1-8-3-4-10(18-8)5-6-12(17)15-13-14-7-11(19-13)9(2)16/h3-7H,1-2H3,(H,14,15,17). The number of furan rings is 1. The number of carbonyl (C=O) groups is 2. The average Bonchev–Trinajstić information content (AvgIpc) is 2.96. The van der Waals surface area contributed by atoms with Crippen molar-refractivity contribution in [3.63, 3.8) is 0 Å². The third-order valence-electron chi connectivity index (χ3n) is 2.24. The number of amides is 1. The number of nitrogens with one attached hydrogen (secondary N) is 1. The molecule has 0 spiro atoms. The Balaban J connectivity index is 1.97. The van der Waals surface area contributed by atoms with Gasteiger partial charge < -0.3 is 4.42 Å². The van der Waals surface area contributed by atoms with Crippen LogP contribution in [0, 0.1) is 6.92 Å². The van der Waals surface area contributed by atoms with Gasteiger partial charge in [0, 0.05) is 13.0 Å². The minimum Gasteiger partial charge on any atom is -0.462 e. The Bertz CT molecular complexity index is 640. The number of aromatic nitrogens is 1. The smallest absolute Gasteiger partial charge is 0.250 e. The molecule has 0 aliphatic rings. The minimum atomic E-state index is -0.321. The lowest BCUT2D eigenvalue weighted by molar-refractivity contribution is -0.111. The summed E-state index contributed by atoms with van der Waals surface area (Å²) in [6.07, 6.45) is 4.37. The van der Waals surface area contributed by atoms with Crippen molar-refractivity contribution in [3.05, 3.63) is 40.8 Å². The number of anilines is 1. The SMILES string of the molecule is CC(=O)c1cnc(NC(=O)C=Cc2ccc(C)o2)s1. The van der Waals surface area contributed by atoms with Crippen LogP contribution in [0.15, 0.2) is 28.8 Å². The van der Waals surface area contributed by atoms with E-state index in [0.29, 0.717) is 15.8 Å². The fourth-order valence-corrected chi connectivity index (χ4v) is 2.06. The van der Waals surface area contributed by atoms with Gasteiger partial charge in [-0.2, -0.15) is 0 Å². The Labute approximate surface area is 114 Å². The van der Waals surface area contributed by atoms with Gasteiger partial charge in [-0.05, 0) is 25.1 Å². The molecule has 6 heteroatoms. The zero-order valence-electron chi connectivity index (χ0n) is 10.5. The first-order chi connectivity index (χ1) is 9.04. The lowest BCUT2D eigenvalue weighted by atomic mass is 10.4. The van der Waals surface area contributed by atoms with Crippen molar-refractivity contribution in [2.45, 2.75) is 13.8 Å². The van der Waals surface area contributed by atoms with Gasteiger partial charge in [-0.3, -0.25) is 14.9 Å². The summed E-state index contributed by atoms with van der Waals surface area (Å²) in [5.74, 6) is 1.00. The van der Waals surface area contributed by atoms with Crippen molar-refractivity contribution in [1.29, 1.82) is 0 Å². The van der Waals surface area contributed by atoms with E-state index in [9.17, 15) is 9.59 Å². The Morgan fingerprint density at radius 3 is 2.79 bits per heavy atom. The average molecular weight is 276 g/mol. The van der Waals surface area contributed by atoms with E-state index in [1.54, 1.807) is 12.1 Å². The number of ketones is 1. The van der Waals surface area contributed by atoms with Crippen molar-refractivity contribution >= 4 is 34.2 Å². The predicted molar refractivity (Wildman–Crippen MR) is 73.2 cm³/mol. The molecule has 0 radical (unpaired) electrons. The quantitative estimate of drug-likeness (QED) is 0.688. The first-order valence-electron chi connectivity index (χ1n) is 5.57. The maximum atomic E-state index is 11.6. The number of thiazole rings is 1. The van der Waals surface area contributed by atoms with E-state index >= 15 is 0 Å². The molecule has 0 aliphatic carbocycles. The number of carbonyl (C=O) groups excluding carboxylic acids is 2. The maximum Gasteiger partial charge on any atom is 0.250 e. The largest absolute Gasteiger partial charge is 0.462 e. The van der Waals surface area contributed by atoms with Crippen molar-refractivity contribution < 1.29 is 14.0 Å². The van der Waals surface area contributed by atoms with E-state index in [0.717, 1.165) is 17.1 Å². The fourth-order valence-electron chi connectivity index (χ4n) is 1.34. The first kappa shape index (κ1) is 13.2. The van der Waals surface area contributed by atoms with Gasteiger partial charge in [0.05, 0.1) is 11.1 Å². The number of aryl methyl sites for hydroxylation is 1. The third-order valence-corrected chi connectivity index (χ3v) is 3.26. The molecule has 2 aromatic rings. The van der Waals surface area contributed by atoms with Crippen LogP contribution >= 0.6 is 11.3 Å². The molecule has 0 aliphatic heterocycles. The molecule has 1 N–H and O–H groups in total. The van der Waals surface area contributed by atoms with Gasteiger partial charge >= 0.3 is 0 Å². The second kappa shape index (κ2) is 5.62. The van der Waals surface area contributed by atoms with E-state index in [-0.39, 0.29) is 11.7 Å². The molecule has 2 aromatic heterocycles. The van der Waals surface area contributed by atoms with Gasteiger partial charge in [0.2, 0.25) is 5.91 Å². The molecule has 0 saturated carbocycles. The lowest BCUT2D eigenvalue weighted by Crippen LogP contribution is -2.06. The topological polar surface area (TPSA) is 72.2 Å². The molecule has 5 nitrogen and oxygen atoms in total. The van der Waals surface area contributed by atoms with E-state index in [1.807, 2.05) is 13.0 Å². The number of Topliss-reactive ketones (excluding diaryl/α,β-unsaturated/α-hetero) is 1. The van der Waals surface area contributed by atoms with E-state index in [4.69, 9.17) is 4.42 Å². The maximum absolute atomic E-state index is 11.6. The van der Waals surface area contributed by atoms with E-state index in [1.165, 1.54) is 19.2 Å². The molecule has 0 fully saturated rings. The molecular weight excluding hydrogens is 264 g/mol. The third kappa shape index (κ3) is 3.62. The van der Waals surface area contributed by atoms with Gasteiger partial charge in [-0.25, -0.2) is 4.98 Å². The summed E-state index contributed by atoms with van der Waals surface area (Å²) in [7, 11) is 0. The highest BCUT2D eigenvalue weighted by atomic mass is 32.1. The number of nitrogens with zero attached hydrogens (tertiary/aromatic N) is 1. The van der Waals surface area contributed by atoms with Gasteiger partial charge in [0.1, 0.15) is 11.5 Å². The zero-order valence-corrected chi connectivity index (χ0v) is 11.3. The fraction of sp³-hybridized carbons (Fsp3) is 0.154. The summed E-state index contributed by atoms with van der Waals surface area (Å²) in [6, 6.07) is 3.59. The molecule has 0 bridgehead atoms. The highest BCUT2D eigenvalue weighted by Gasteiger charge is 2.07. The summed E-state index contributed by atoms with van der Waals surface area (Å²) in [6.45, 7) is 3.29. The van der Waals surface area contributed by atoms with Gasteiger partial charge in [-0.1, -0.05) is 11.3 Å². The van der Waals surface area contributed by atoms with Gasteiger partial charge in [0.25, 0.3) is 0 Å². The van der Waals surface area contributed by atoms with Crippen LogP contribution in [0.2, 0.25) is 0 Å². The van der Waals surface area contributed by atoms with Crippen LogP contribution < -0.4 is 5.32 Å². The highest BCUT2D eigenvalue weighted by molar-refractivity contribution is 7.17. The van der Waals surface area contributed by atoms with E-state index < -0.39 is 0 Å². The molecular formula is C13H12N2O3S. The van der Waals surface area contributed by atoms with Crippen LogP contribution in [0.5, 0.6) is 0 Å². The highest BCUT2D eigenvalue weighted by Crippen LogP contribution is 2.18. The second-order valence-electron chi connectivity index (χ2n) is 3.86. The summed E-state index contributed by atoms with van der Waals surface area (Å²) < 4.78 is 5.30. The Kier molecular flexibility index (Phi) is 3.91. The van der Waals surface area contributed by atoms with Crippen molar-refractivity contribution in [2.24, 2.45) is 0 Å². The van der Waals surface area contributed by atoms with Crippen LogP contribution in [0.3, 0.4) is 0 Å². The number of hydrogen-bond donors (Lipinski definition) is 1. The zero-order chi connectivity index (χ0) is 13.8. The summed E-state index contributed by atoms with van der Waals surface area (Å²) in [5.41, 5.74) is 0. The molecule has 0 atom stereocenters. The molecule has 0 saturated heterocycles. The number of rotatable bonds is 4. The Morgan fingerprint density at radius 1 is 1.42 bits per heavy atom. The summed E-state index contributed by atoms with van der Waals surface area (Å²) in [4.78, 5) is 27.2. The van der Waals surface area contributed by atoms with Crippen molar-refractivity contribution in [2.75, 3.05) is 5.32 Å². The summed E-state index contributed by atoms with van der Waals surface area (Å²) >= 11 is 1.15. The monoisotopic (exact) mass is 276 g/mol. The van der Waals surface area contributed by atoms with Gasteiger partial charge in [-0.15, -0.1) is 0 Å². The molecule has 2 heterocycles. The van der Waals surface area contributed by atoms with Crippen LogP contribution in [0.25, 0.3) is 6.08 Å². The molecule has 1 amide bonds. The summed E-state index contributed by atoms with van der Waals surface area (Å²) in [5, 5.41) is 2.98. The number of hydrogen-bond acceptors (Lipinski definition) is 5. The van der Waals surface area contributed by atoms with Crippen LogP contribution in [-0.4, -0.2) is 16.7 Å². The van der Waals surface area contributed by atoms with Crippen molar-refractivity contribution in [3.8, 4) is 0 Å². The second-order valence-corrected chi connectivity index (χ2v) is 4.89. The minimum absolute atomic E-state index is 0.0698. The Hall–Kier alpha value is -2.21. The van der Waals surface area contributed by atoms with Gasteiger partial charge in [0.15, 0.2) is 10.9 Å². The molecule has 19 heavy (non-hydrogen) atoms. The van der Waals surface area contributed by atoms with Crippen LogP contribution in [-0.2, 0) is 4.79 Å². The van der Waals surface area contributed by atoms with Crippen LogP contribution in [0.4, 0.5) is 5.13 Å². The predicted octanol–water partition coefficient (Wildman–Crippen LogP) is 2.90. The molecule has 98 valence electrons. The lowest BCUT2D eigenvalue weighted by Gasteiger charge is -1.94. The van der Waals surface area contributed by atoms with Crippen molar-refractivity contribution in [1.82, 2.24) is 4.98 Å². The normalized spacial score (nSPS) is 10.8. The molecule has 0 unspecified atom stereocenters. The van der Waals surface area contributed by atoms with Crippen LogP contribution in [0.1, 0.15) is 28.1 Å². The molecule has 2 rings (SSSR count).